The molecule has 0 bridgehead atoms. The topological polar surface area (TPSA) is 51.5 Å². The van der Waals surface area contributed by atoms with Gasteiger partial charge >= 0.3 is 0 Å². The van der Waals surface area contributed by atoms with Crippen molar-refractivity contribution in [2.75, 3.05) is 32.8 Å². The zero-order valence-corrected chi connectivity index (χ0v) is 15.4. The SMILES string of the molecule is CCOc1ccc(CN2CCNCC2c2nccn2C)cc1OCC. The van der Waals surface area contributed by atoms with E-state index in [4.69, 9.17) is 9.47 Å². The molecule has 0 radical (unpaired) electrons. The molecular weight excluding hydrogens is 316 g/mol. The van der Waals surface area contributed by atoms with Gasteiger partial charge in [-0.2, -0.15) is 0 Å². The normalized spacial score (nSPS) is 18.3. The molecule has 2 aromatic rings. The van der Waals surface area contributed by atoms with E-state index >= 15 is 0 Å². The Hall–Kier alpha value is -2.05. The minimum Gasteiger partial charge on any atom is -0.490 e. The molecule has 1 aliphatic heterocycles. The summed E-state index contributed by atoms with van der Waals surface area (Å²) >= 11 is 0. The second-order valence-corrected chi connectivity index (χ2v) is 6.23. The summed E-state index contributed by atoms with van der Waals surface area (Å²) in [5.41, 5.74) is 1.23. The molecule has 0 spiro atoms. The Morgan fingerprint density at radius 3 is 2.72 bits per heavy atom. The van der Waals surface area contributed by atoms with Crippen molar-refractivity contribution in [1.82, 2.24) is 19.8 Å². The van der Waals surface area contributed by atoms with Crippen LogP contribution in [-0.4, -0.2) is 47.3 Å². The van der Waals surface area contributed by atoms with E-state index in [1.54, 1.807) is 0 Å². The molecule has 3 rings (SSSR count). The Morgan fingerprint density at radius 2 is 2.00 bits per heavy atom. The number of benzene rings is 1. The van der Waals surface area contributed by atoms with E-state index in [0.29, 0.717) is 13.2 Å². The van der Waals surface area contributed by atoms with Crippen LogP contribution in [0.1, 0.15) is 31.3 Å². The second-order valence-electron chi connectivity index (χ2n) is 6.23. The third kappa shape index (κ3) is 4.14. The van der Waals surface area contributed by atoms with Gasteiger partial charge in [0.05, 0.1) is 19.3 Å². The Labute approximate surface area is 149 Å². The number of nitrogens with one attached hydrogen (secondary N) is 1. The zero-order chi connectivity index (χ0) is 17.6. The summed E-state index contributed by atoms with van der Waals surface area (Å²) in [5.74, 6) is 2.74. The van der Waals surface area contributed by atoms with Crippen molar-refractivity contribution in [3.8, 4) is 11.5 Å². The first-order chi connectivity index (χ1) is 12.2. The molecule has 6 nitrogen and oxygen atoms in total. The number of aromatic nitrogens is 2. The van der Waals surface area contributed by atoms with Gasteiger partial charge in [-0.05, 0) is 31.5 Å². The fourth-order valence-corrected chi connectivity index (χ4v) is 3.32. The van der Waals surface area contributed by atoms with Crippen molar-refractivity contribution in [1.29, 1.82) is 0 Å². The highest BCUT2D eigenvalue weighted by molar-refractivity contribution is 5.43. The lowest BCUT2D eigenvalue weighted by atomic mass is 10.1. The quantitative estimate of drug-likeness (QED) is 0.836. The molecule has 136 valence electrons. The third-order valence-electron chi connectivity index (χ3n) is 4.50. The minimum absolute atomic E-state index is 0.274. The lowest BCUT2D eigenvalue weighted by molar-refractivity contribution is 0.144. The number of rotatable bonds is 7. The van der Waals surface area contributed by atoms with Gasteiger partial charge in [-0.25, -0.2) is 4.98 Å². The molecule has 1 fully saturated rings. The lowest BCUT2D eigenvalue weighted by Gasteiger charge is -2.35. The number of nitrogens with zero attached hydrogens (tertiary/aromatic N) is 3. The Morgan fingerprint density at radius 1 is 1.20 bits per heavy atom. The summed E-state index contributed by atoms with van der Waals surface area (Å²) in [7, 11) is 2.05. The molecule has 1 aromatic carbocycles. The highest BCUT2D eigenvalue weighted by atomic mass is 16.5. The molecule has 0 aliphatic carbocycles. The van der Waals surface area contributed by atoms with Crippen LogP contribution in [0.25, 0.3) is 0 Å². The average Bonchev–Trinajstić information content (AvgIpc) is 3.04. The van der Waals surface area contributed by atoms with Crippen molar-refractivity contribution in [2.24, 2.45) is 7.05 Å². The first-order valence-corrected chi connectivity index (χ1v) is 9.03. The summed E-state index contributed by atoms with van der Waals surface area (Å²) in [5, 5.41) is 3.48. The van der Waals surface area contributed by atoms with Gasteiger partial charge in [0.15, 0.2) is 11.5 Å². The van der Waals surface area contributed by atoms with Crippen molar-refractivity contribution in [2.45, 2.75) is 26.4 Å². The summed E-state index contributed by atoms with van der Waals surface area (Å²) in [6, 6.07) is 6.52. The van der Waals surface area contributed by atoms with Crippen LogP contribution in [0.15, 0.2) is 30.6 Å². The molecule has 25 heavy (non-hydrogen) atoms. The van der Waals surface area contributed by atoms with Crippen LogP contribution in [0.5, 0.6) is 11.5 Å². The van der Waals surface area contributed by atoms with E-state index in [2.05, 4.69) is 38.9 Å². The average molecular weight is 344 g/mol. The van der Waals surface area contributed by atoms with Gasteiger partial charge in [0.2, 0.25) is 0 Å². The van der Waals surface area contributed by atoms with E-state index in [0.717, 1.165) is 43.5 Å². The highest BCUT2D eigenvalue weighted by Gasteiger charge is 2.26. The number of aryl methyl sites for hydroxylation is 1. The fourth-order valence-electron chi connectivity index (χ4n) is 3.32. The molecule has 1 aliphatic rings. The molecule has 0 saturated carbocycles. The maximum absolute atomic E-state index is 5.77. The molecule has 6 heteroatoms. The first-order valence-electron chi connectivity index (χ1n) is 9.03. The van der Waals surface area contributed by atoms with Crippen LogP contribution in [0, 0.1) is 0 Å². The van der Waals surface area contributed by atoms with Gasteiger partial charge in [0, 0.05) is 45.6 Å². The van der Waals surface area contributed by atoms with Crippen LogP contribution < -0.4 is 14.8 Å². The van der Waals surface area contributed by atoms with E-state index in [-0.39, 0.29) is 6.04 Å². The molecule has 1 N–H and O–H groups in total. The first kappa shape index (κ1) is 17.8. The van der Waals surface area contributed by atoms with E-state index < -0.39 is 0 Å². The Kier molecular flexibility index (Phi) is 5.94. The maximum Gasteiger partial charge on any atom is 0.161 e. The van der Waals surface area contributed by atoms with E-state index in [1.165, 1.54) is 5.56 Å². The zero-order valence-electron chi connectivity index (χ0n) is 15.4. The van der Waals surface area contributed by atoms with Gasteiger partial charge < -0.3 is 19.4 Å². The summed E-state index contributed by atoms with van der Waals surface area (Å²) < 4.78 is 13.5. The number of imidazole rings is 1. The van der Waals surface area contributed by atoms with Gasteiger partial charge in [-0.15, -0.1) is 0 Å². The van der Waals surface area contributed by atoms with Crippen LogP contribution in [0.2, 0.25) is 0 Å². The van der Waals surface area contributed by atoms with Crippen LogP contribution in [-0.2, 0) is 13.6 Å². The summed E-state index contributed by atoms with van der Waals surface area (Å²) in [6.07, 6.45) is 3.87. The number of ether oxygens (including phenoxy) is 2. The number of hydrogen-bond donors (Lipinski definition) is 1. The predicted octanol–water partition coefficient (Wildman–Crippen LogP) is 2.36. The van der Waals surface area contributed by atoms with Gasteiger partial charge in [0.1, 0.15) is 5.82 Å². The standard InChI is InChI=1S/C19H28N4O2/c1-4-24-17-7-6-15(12-18(17)25-5-2)14-23-11-8-20-13-16(23)19-21-9-10-22(19)3/h6-7,9-10,12,16,20H,4-5,8,11,13-14H2,1-3H3. The molecular formula is C19H28N4O2. The predicted molar refractivity (Wildman–Crippen MR) is 98.0 cm³/mol. The molecule has 2 heterocycles. The smallest absolute Gasteiger partial charge is 0.161 e. The van der Waals surface area contributed by atoms with Crippen LogP contribution >= 0.6 is 0 Å². The summed E-state index contributed by atoms with van der Waals surface area (Å²) in [4.78, 5) is 7.03. The monoisotopic (exact) mass is 344 g/mol. The van der Waals surface area contributed by atoms with Crippen LogP contribution in [0.4, 0.5) is 0 Å². The van der Waals surface area contributed by atoms with Crippen molar-refractivity contribution >= 4 is 0 Å². The molecule has 0 amide bonds. The van der Waals surface area contributed by atoms with Gasteiger partial charge in [-0.1, -0.05) is 6.07 Å². The van der Waals surface area contributed by atoms with Gasteiger partial charge in [0.25, 0.3) is 0 Å². The lowest BCUT2D eigenvalue weighted by Crippen LogP contribution is -2.46. The fraction of sp³-hybridized carbons (Fsp3) is 0.526. The maximum atomic E-state index is 5.77. The Balaban J connectivity index is 1.79. The molecule has 1 saturated heterocycles. The second kappa shape index (κ2) is 8.36. The number of hydrogen-bond acceptors (Lipinski definition) is 5. The molecule has 1 aromatic heterocycles. The number of piperazine rings is 1. The van der Waals surface area contributed by atoms with Crippen molar-refractivity contribution in [3.63, 3.8) is 0 Å². The van der Waals surface area contributed by atoms with Crippen LogP contribution in [0.3, 0.4) is 0 Å². The van der Waals surface area contributed by atoms with Crippen molar-refractivity contribution in [3.05, 3.63) is 42.0 Å². The third-order valence-corrected chi connectivity index (χ3v) is 4.50. The van der Waals surface area contributed by atoms with E-state index in [9.17, 15) is 0 Å². The highest BCUT2D eigenvalue weighted by Crippen LogP contribution is 2.30. The summed E-state index contributed by atoms with van der Waals surface area (Å²) in [6.45, 7) is 9.03. The molecule has 1 atom stereocenters. The largest absolute Gasteiger partial charge is 0.490 e. The Bertz CT molecular complexity index is 686. The van der Waals surface area contributed by atoms with Gasteiger partial charge in [-0.3, -0.25) is 4.90 Å². The minimum atomic E-state index is 0.274. The molecule has 1 unspecified atom stereocenters. The van der Waals surface area contributed by atoms with Crippen molar-refractivity contribution < 1.29 is 9.47 Å². The van der Waals surface area contributed by atoms with E-state index in [1.807, 2.05) is 32.3 Å².